The van der Waals surface area contributed by atoms with Crippen LogP contribution in [0, 0.1) is 11.6 Å². The lowest BCUT2D eigenvalue weighted by molar-refractivity contribution is 0.0971. The number of nitrogens with two attached hydrogens (primary N) is 1. The standard InChI is InChI=1S/C12H14BrF2NO/c13-8-5-6-9(14)11(12(8)15)10(17)4-2-1-3-7-16/h5-6H,1-4,7,16H2. The molecule has 17 heavy (non-hydrogen) atoms. The van der Waals surface area contributed by atoms with Gasteiger partial charge in [-0.25, -0.2) is 8.78 Å². The molecule has 0 heterocycles. The number of halogens is 3. The minimum Gasteiger partial charge on any atom is -0.330 e. The molecule has 0 aliphatic rings. The summed E-state index contributed by atoms with van der Waals surface area (Å²) < 4.78 is 27.0. The minimum absolute atomic E-state index is 0.101. The fraction of sp³-hybridized carbons (Fsp3) is 0.417. The molecule has 0 bridgehead atoms. The zero-order valence-electron chi connectivity index (χ0n) is 9.31. The van der Waals surface area contributed by atoms with Gasteiger partial charge in [0.05, 0.1) is 10.0 Å². The molecular weight excluding hydrogens is 292 g/mol. The number of hydrogen-bond acceptors (Lipinski definition) is 2. The average molecular weight is 306 g/mol. The first kappa shape index (κ1) is 14.3. The van der Waals surface area contributed by atoms with Crippen molar-refractivity contribution in [1.82, 2.24) is 0 Å². The van der Waals surface area contributed by atoms with Gasteiger partial charge < -0.3 is 5.73 Å². The van der Waals surface area contributed by atoms with E-state index in [0.717, 1.165) is 18.9 Å². The van der Waals surface area contributed by atoms with E-state index in [9.17, 15) is 13.6 Å². The van der Waals surface area contributed by atoms with E-state index in [1.807, 2.05) is 0 Å². The van der Waals surface area contributed by atoms with Crippen molar-refractivity contribution in [3.8, 4) is 0 Å². The Hall–Kier alpha value is -0.810. The normalized spacial score (nSPS) is 10.6. The molecule has 2 N–H and O–H groups in total. The van der Waals surface area contributed by atoms with Crippen LogP contribution in [-0.4, -0.2) is 12.3 Å². The smallest absolute Gasteiger partial charge is 0.168 e. The molecule has 0 saturated heterocycles. The van der Waals surface area contributed by atoms with E-state index in [2.05, 4.69) is 15.9 Å². The molecule has 0 spiro atoms. The van der Waals surface area contributed by atoms with E-state index >= 15 is 0 Å². The number of Topliss-reactive ketones (excluding diaryl/α,β-unsaturated/α-hetero) is 1. The maximum absolute atomic E-state index is 13.6. The van der Waals surface area contributed by atoms with Crippen LogP contribution in [0.15, 0.2) is 16.6 Å². The van der Waals surface area contributed by atoms with Crippen molar-refractivity contribution < 1.29 is 13.6 Å². The summed E-state index contributed by atoms with van der Waals surface area (Å²) in [7, 11) is 0. The Labute approximate surface area is 107 Å². The highest BCUT2D eigenvalue weighted by Crippen LogP contribution is 2.23. The van der Waals surface area contributed by atoms with Crippen molar-refractivity contribution in [3.63, 3.8) is 0 Å². The van der Waals surface area contributed by atoms with Crippen molar-refractivity contribution >= 4 is 21.7 Å². The molecule has 0 aliphatic heterocycles. The van der Waals surface area contributed by atoms with Gasteiger partial charge in [-0.1, -0.05) is 6.42 Å². The van der Waals surface area contributed by atoms with Gasteiger partial charge in [0.15, 0.2) is 11.6 Å². The molecule has 0 saturated carbocycles. The van der Waals surface area contributed by atoms with Crippen LogP contribution in [-0.2, 0) is 0 Å². The Kier molecular flexibility index (Phi) is 5.71. The van der Waals surface area contributed by atoms with Crippen LogP contribution in [0.3, 0.4) is 0 Å². The van der Waals surface area contributed by atoms with Gasteiger partial charge in [-0.3, -0.25) is 4.79 Å². The number of hydrogen-bond donors (Lipinski definition) is 1. The van der Waals surface area contributed by atoms with Crippen LogP contribution in [0.4, 0.5) is 8.78 Å². The first-order valence-electron chi connectivity index (χ1n) is 5.44. The Morgan fingerprint density at radius 2 is 1.94 bits per heavy atom. The van der Waals surface area contributed by atoms with E-state index in [1.54, 1.807) is 0 Å². The molecule has 0 aromatic heterocycles. The molecule has 1 aromatic rings. The lowest BCUT2D eigenvalue weighted by atomic mass is 10.0. The first-order valence-corrected chi connectivity index (χ1v) is 6.24. The Morgan fingerprint density at radius 1 is 1.24 bits per heavy atom. The van der Waals surface area contributed by atoms with Gasteiger partial charge in [-0.05, 0) is 47.4 Å². The maximum atomic E-state index is 13.6. The minimum atomic E-state index is -0.825. The number of unbranched alkanes of at least 4 members (excludes halogenated alkanes) is 2. The Bertz CT molecular complexity index is 410. The third-order valence-corrected chi connectivity index (χ3v) is 3.04. The molecular formula is C12H14BrF2NO. The highest BCUT2D eigenvalue weighted by Gasteiger charge is 2.18. The van der Waals surface area contributed by atoms with Crippen LogP contribution >= 0.6 is 15.9 Å². The molecule has 0 unspecified atom stereocenters. The largest absolute Gasteiger partial charge is 0.330 e. The molecule has 0 fully saturated rings. The van der Waals surface area contributed by atoms with Gasteiger partial charge in [0.25, 0.3) is 0 Å². The lowest BCUT2D eigenvalue weighted by Crippen LogP contribution is -2.07. The Balaban J connectivity index is 2.72. The quantitative estimate of drug-likeness (QED) is 0.497. The Morgan fingerprint density at radius 3 is 2.59 bits per heavy atom. The lowest BCUT2D eigenvalue weighted by Gasteiger charge is -2.05. The van der Waals surface area contributed by atoms with Crippen molar-refractivity contribution in [2.75, 3.05) is 6.54 Å². The summed E-state index contributed by atoms with van der Waals surface area (Å²) in [5.74, 6) is -2.14. The highest BCUT2D eigenvalue weighted by atomic mass is 79.9. The van der Waals surface area contributed by atoms with Crippen LogP contribution in [0.1, 0.15) is 36.0 Å². The van der Waals surface area contributed by atoms with Crippen molar-refractivity contribution in [2.45, 2.75) is 25.7 Å². The molecule has 0 aliphatic carbocycles. The number of benzene rings is 1. The highest BCUT2D eigenvalue weighted by molar-refractivity contribution is 9.10. The topological polar surface area (TPSA) is 43.1 Å². The number of ketones is 1. The van der Waals surface area contributed by atoms with Gasteiger partial charge >= 0.3 is 0 Å². The zero-order valence-corrected chi connectivity index (χ0v) is 10.9. The molecule has 2 nitrogen and oxygen atoms in total. The van der Waals surface area contributed by atoms with Crippen molar-refractivity contribution in [2.24, 2.45) is 5.73 Å². The molecule has 0 amide bonds. The second-order valence-corrected chi connectivity index (χ2v) is 4.60. The summed E-state index contributed by atoms with van der Waals surface area (Å²) in [6.45, 7) is 0.563. The predicted octanol–water partition coefficient (Wildman–Crippen LogP) is 3.43. The van der Waals surface area contributed by atoms with E-state index in [1.165, 1.54) is 6.07 Å². The summed E-state index contributed by atoms with van der Waals surface area (Å²) in [4.78, 5) is 11.7. The van der Waals surface area contributed by atoms with Crippen LogP contribution in [0.5, 0.6) is 0 Å². The van der Waals surface area contributed by atoms with E-state index in [0.29, 0.717) is 13.0 Å². The first-order chi connectivity index (χ1) is 8.07. The molecule has 1 rings (SSSR count). The fourth-order valence-corrected chi connectivity index (χ4v) is 1.84. The molecule has 1 aromatic carbocycles. The number of rotatable bonds is 6. The van der Waals surface area contributed by atoms with Gasteiger partial charge in [0, 0.05) is 6.42 Å². The zero-order chi connectivity index (χ0) is 12.8. The van der Waals surface area contributed by atoms with Gasteiger partial charge in [0.1, 0.15) is 5.82 Å². The third-order valence-electron chi connectivity index (χ3n) is 2.43. The summed E-state index contributed by atoms with van der Waals surface area (Å²) in [5, 5.41) is 0. The van der Waals surface area contributed by atoms with E-state index in [4.69, 9.17) is 5.73 Å². The van der Waals surface area contributed by atoms with Crippen LogP contribution in [0.2, 0.25) is 0 Å². The van der Waals surface area contributed by atoms with Gasteiger partial charge in [-0.15, -0.1) is 0 Å². The van der Waals surface area contributed by atoms with Crippen LogP contribution in [0.25, 0.3) is 0 Å². The molecule has 0 atom stereocenters. The van der Waals surface area contributed by atoms with E-state index in [-0.39, 0.29) is 10.9 Å². The fourth-order valence-electron chi connectivity index (χ4n) is 1.51. The predicted molar refractivity (Wildman–Crippen MR) is 65.9 cm³/mol. The molecule has 0 radical (unpaired) electrons. The van der Waals surface area contributed by atoms with Crippen molar-refractivity contribution in [1.29, 1.82) is 0 Å². The molecule has 5 heteroatoms. The second kappa shape index (κ2) is 6.81. The summed E-state index contributed by atoms with van der Waals surface area (Å²) >= 11 is 2.93. The molecule has 94 valence electrons. The average Bonchev–Trinajstić information content (AvgIpc) is 2.30. The number of carbonyl (C=O) groups excluding carboxylic acids is 1. The monoisotopic (exact) mass is 305 g/mol. The summed E-state index contributed by atoms with van der Waals surface area (Å²) in [5.41, 5.74) is 4.86. The summed E-state index contributed by atoms with van der Waals surface area (Å²) in [6.07, 6.45) is 2.35. The van der Waals surface area contributed by atoms with Crippen molar-refractivity contribution in [3.05, 3.63) is 33.8 Å². The maximum Gasteiger partial charge on any atom is 0.168 e. The second-order valence-electron chi connectivity index (χ2n) is 3.74. The number of carbonyl (C=O) groups is 1. The third kappa shape index (κ3) is 3.85. The van der Waals surface area contributed by atoms with Crippen LogP contribution < -0.4 is 5.73 Å². The summed E-state index contributed by atoms with van der Waals surface area (Å²) in [6, 6.07) is 2.33. The van der Waals surface area contributed by atoms with Gasteiger partial charge in [-0.2, -0.15) is 0 Å². The van der Waals surface area contributed by atoms with E-state index < -0.39 is 23.0 Å². The SMILES string of the molecule is NCCCCCC(=O)c1c(F)ccc(Br)c1F. The van der Waals surface area contributed by atoms with Gasteiger partial charge in [0.2, 0.25) is 0 Å².